The summed E-state index contributed by atoms with van der Waals surface area (Å²) in [6, 6.07) is 9.55. The molecule has 1 N–H and O–H groups in total. The Morgan fingerprint density at radius 2 is 1.75 bits per heavy atom. The van der Waals surface area contributed by atoms with Gasteiger partial charge in [0.2, 0.25) is 0 Å². The van der Waals surface area contributed by atoms with Gasteiger partial charge in [-0.15, -0.1) is 0 Å². The molecule has 0 bridgehead atoms. The van der Waals surface area contributed by atoms with Crippen LogP contribution in [0.2, 0.25) is 0 Å². The predicted octanol–water partition coefficient (Wildman–Crippen LogP) is 3.99. The number of para-hydroxylation sites is 1. The van der Waals surface area contributed by atoms with E-state index >= 15 is 0 Å². The first-order valence-electron chi connectivity index (χ1n) is 6.78. The highest BCUT2D eigenvalue weighted by atomic mass is 14.9. The third-order valence-electron chi connectivity index (χ3n) is 4.30. The molecular formula is C15H21N. The molecule has 0 saturated heterocycles. The topological polar surface area (TPSA) is 12.0 Å². The molecule has 3 rings (SSSR count). The van der Waals surface area contributed by atoms with Gasteiger partial charge in [0.1, 0.15) is 0 Å². The minimum atomic E-state index is 0.746. The number of nitrogens with one attached hydrogen (secondary N) is 1. The Balaban J connectivity index is 1.72. The van der Waals surface area contributed by atoms with Crippen molar-refractivity contribution in [2.75, 3.05) is 5.32 Å². The SMILES string of the molecule is c1ccc2c(c1)CCC(C1CCCCC1)N2. The van der Waals surface area contributed by atoms with Crippen molar-refractivity contribution in [3.63, 3.8) is 0 Å². The van der Waals surface area contributed by atoms with Crippen LogP contribution in [0.3, 0.4) is 0 Å². The Bertz CT molecular complexity index is 352. The maximum Gasteiger partial charge on any atom is 0.0374 e. The zero-order chi connectivity index (χ0) is 10.8. The molecule has 16 heavy (non-hydrogen) atoms. The smallest absolute Gasteiger partial charge is 0.0374 e. The normalized spacial score (nSPS) is 25.9. The number of hydrogen-bond acceptors (Lipinski definition) is 1. The molecule has 0 radical (unpaired) electrons. The number of fused-ring (bicyclic) bond motifs is 1. The quantitative estimate of drug-likeness (QED) is 0.746. The summed E-state index contributed by atoms with van der Waals surface area (Å²) in [4.78, 5) is 0. The van der Waals surface area contributed by atoms with E-state index in [0.29, 0.717) is 0 Å². The molecular weight excluding hydrogens is 194 g/mol. The number of benzene rings is 1. The van der Waals surface area contributed by atoms with Gasteiger partial charge in [-0.2, -0.15) is 0 Å². The average molecular weight is 215 g/mol. The average Bonchev–Trinajstić information content (AvgIpc) is 2.39. The van der Waals surface area contributed by atoms with E-state index in [1.165, 1.54) is 56.2 Å². The second-order valence-electron chi connectivity index (χ2n) is 5.34. The molecule has 1 nitrogen and oxygen atoms in total. The fraction of sp³-hybridized carbons (Fsp3) is 0.600. The third-order valence-corrected chi connectivity index (χ3v) is 4.30. The van der Waals surface area contributed by atoms with Crippen LogP contribution < -0.4 is 5.32 Å². The maximum atomic E-state index is 3.77. The van der Waals surface area contributed by atoms with Gasteiger partial charge < -0.3 is 5.32 Å². The zero-order valence-corrected chi connectivity index (χ0v) is 9.91. The molecule has 1 unspecified atom stereocenters. The standard InChI is InChI=1S/C15H21N/c1-2-6-12(7-3-1)15-11-10-13-8-4-5-9-14(13)16-15/h4-5,8-9,12,15-16H,1-3,6-7,10-11H2. The van der Waals surface area contributed by atoms with Crippen molar-refractivity contribution >= 4 is 5.69 Å². The zero-order valence-electron chi connectivity index (χ0n) is 9.91. The van der Waals surface area contributed by atoms with E-state index in [2.05, 4.69) is 29.6 Å². The number of hydrogen-bond donors (Lipinski definition) is 1. The fourth-order valence-corrected chi connectivity index (χ4v) is 3.35. The summed E-state index contributed by atoms with van der Waals surface area (Å²) in [7, 11) is 0. The van der Waals surface area contributed by atoms with Crippen LogP contribution in [0.5, 0.6) is 0 Å². The van der Waals surface area contributed by atoms with Crippen molar-refractivity contribution < 1.29 is 0 Å². The molecule has 0 aromatic heterocycles. The van der Waals surface area contributed by atoms with E-state index in [0.717, 1.165) is 12.0 Å². The summed E-state index contributed by atoms with van der Waals surface area (Å²) >= 11 is 0. The lowest BCUT2D eigenvalue weighted by Crippen LogP contribution is -2.34. The minimum Gasteiger partial charge on any atom is -0.382 e. The molecule has 2 aliphatic rings. The lowest BCUT2D eigenvalue weighted by molar-refractivity contribution is 0.305. The van der Waals surface area contributed by atoms with Crippen LogP contribution in [-0.2, 0) is 6.42 Å². The predicted molar refractivity (Wildman–Crippen MR) is 68.7 cm³/mol. The molecule has 1 aliphatic heterocycles. The molecule has 1 heterocycles. The molecule has 0 spiro atoms. The molecule has 1 aromatic rings. The second-order valence-corrected chi connectivity index (χ2v) is 5.34. The van der Waals surface area contributed by atoms with Crippen LogP contribution in [-0.4, -0.2) is 6.04 Å². The molecule has 1 atom stereocenters. The third kappa shape index (κ3) is 1.95. The van der Waals surface area contributed by atoms with Crippen LogP contribution in [0.1, 0.15) is 44.1 Å². The van der Waals surface area contributed by atoms with Crippen molar-refractivity contribution in [1.82, 2.24) is 0 Å². The molecule has 1 heteroatoms. The first kappa shape index (κ1) is 10.2. The van der Waals surface area contributed by atoms with Crippen LogP contribution in [0.15, 0.2) is 24.3 Å². The molecule has 0 amide bonds. The van der Waals surface area contributed by atoms with Gasteiger partial charge in [0.25, 0.3) is 0 Å². The van der Waals surface area contributed by atoms with Crippen molar-refractivity contribution in [2.45, 2.75) is 51.0 Å². The maximum absolute atomic E-state index is 3.77. The highest BCUT2D eigenvalue weighted by molar-refractivity contribution is 5.53. The van der Waals surface area contributed by atoms with E-state index in [9.17, 15) is 0 Å². The van der Waals surface area contributed by atoms with Gasteiger partial charge >= 0.3 is 0 Å². The Kier molecular flexibility index (Phi) is 2.86. The first-order chi connectivity index (χ1) is 7.93. The van der Waals surface area contributed by atoms with Gasteiger partial charge in [0.15, 0.2) is 0 Å². The lowest BCUT2D eigenvalue weighted by Gasteiger charge is -2.35. The monoisotopic (exact) mass is 215 g/mol. The van der Waals surface area contributed by atoms with E-state index < -0.39 is 0 Å². The van der Waals surface area contributed by atoms with E-state index in [1.807, 2.05) is 0 Å². The summed E-state index contributed by atoms with van der Waals surface area (Å²) in [6.45, 7) is 0. The molecule has 1 aliphatic carbocycles. The van der Waals surface area contributed by atoms with Crippen molar-refractivity contribution in [3.05, 3.63) is 29.8 Å². The Morgan fingerprint density at radius 3 is 2.62 bits per heavy atom. The van der Waals surface area contributed by atoms with Gasteiger partial charge in [0.05, 0.1) is 0 Å². The summed E-state index contributed by atoms with van der Waals surface area (Å²) in [5.41, 5.74) is 2.90. The van der Waals surface area contributed by atoms with Gasteiger partial charge in [-0.3, -0.25) is 0 Å². The Hall–Kier alpha value is -0.980. The lowest BCUT2D eigenvalue weighted by atomic mass is 9.80. The van der Waals surface area contributed by atoms with E-state index in [-0.39, 0.29) is 0 Å². The fourth-order valence-electron chi connectivity index (χ4n) is 3.35. The molecule has 1 aromatic carbocycles. The van der Waals surface area contributed by atoms with Crippen molar-refractivity contribution in [3.8, 4) is 0 Å². The largest absolute Gasteiger partial charge is 0.382 e. The summed E-state index contributed by atoms with van der Waals surface area (Å²) < 4.78 is 0. The molecule has 1 fully saturated rings. The van der Waals surface area contributed by atoms with Crippen LogP contribution in [0, 0.1) is 5.92 Å². The van der Waals surface area contributed by atoms with Gasteiger partial charge in [-0.1, -0.05) is 37.5 Å². The Morgan fingerprint density at radius 1 is 0.938 bits per heavy atom. The minimum absolute atomic E-state index is 0.746. The van der Waals surface area contributed by atoms with Crippen LogP contribution in [0.4, 0.5) is 5.69 Å². The first-order valence-corrected chi connectivity index (χ1v) is 6.78. The Labute approximate surface area is 98.3 Å². The summed E-state index contributed by atoms with van der Waals surface area (Å²) in [5.74, 6) is 0.933. The summed E-state index contributed by atoms with van der Waals surface area (Å²) in [6.07, 6.45) is 9.85. The highest BCUT2D eigenvalue weighted by Crippen LogP contribution is 2.34. The van der Waals surface area contributed by atoms with Gasteiger partial charge in [-0.25, -0.2) is 0 Å². The molecule has 86 valence electrons. The number of rotatable bonds is 1. The van der Waals surface area contributed by atoms with Crippen LogP contribution in [0.25, 0.3) is 0 Å². The second kappa shape index (κ2) is 4.48. The highest BCUT2D eigenvalue weighted by Gasteiger charge is 2.26. The van der Waals surface area contributed by atoms with Crippen molar-refractivity contribution in [2.24, 2.45) is 5.92 Å². The van der Waals surface area contributed by atoms with Crippen molar-refractivity contribution in [1.29, 1.82) is 0 Å². The number of aryl methyl sites for hydroxylation is 1. The van der Waals surface area contributed by atoms with Gasteiger partial charge in [0, 0.05) is 11.7 Å². The number of anilines is 1. The molecule has 1 saturated carbocycles. The van der Waals surface area contributed by atoms with Crippen LogP contribution >= 0.6 is 0 Å². The summed E-state index contributed by atoms with van der Waals surface area (Å²) in [5, 5.41) is 3.77. The van der Waals surface area contributed by atoms with Gasteiger partial charge in [-0.05, 0) is 43.2 Å². The van der Waals surface area contributed by atoms with E-state index in [4.69, 9.17) is 0 Å². The van der Waals surface area contributed by atoms with E-state index in [1.54, 1.807) is 0 Å².